The summed E-state index contributed by atoms with van der Waals surface area (Å²) in [5.41, 5.74) is 6.04. The minimum Gasteiger partial charge on any atom is -0.443 e. The number of piperidine rings is 2. The monoisotopic (exact) mass is 1530 g/mol. The van der Waals surface area contributed by atoms with Crippen molar-refractivity contribution < 1.29 is 38.9 Å². The zero-order valence-electron chi connectivity index (χ0n) is 63.8. The number of hydrogen-bond acceptors (Lipinski definition) is 13. The summed E-state index contributed by atoms with van der Waals surface area (Å²) in [4.78, 5) is 59.6. The second-order valence-corrected chi connectivity index (χ2v) is 31.2. The third-order valence-corrected chi connectivity index (χ3v) is 19.7. The lowest BCUT2D eigenvalue weighted by Gasteiger charge is -2.38. The average Bonchev–Trinajstić information content (AvgIpc) is 1.76. The van der Waals surface area contributed by atoms with Crippen molar-refractivity contribution in [1.82, 2.24) is 20.0 Å². The summed E-state index contributed by atoms with van der Waals surface area (Å²) in [6.45, 7) is 30.9. The van der Waals surface area contributed by atoms with Gasteiger partial charge in [0, 0.05) is 86.3 Å². The Labute approximate surface area is 651 Å². The molecule has 10 rings (SSSR count). The summed E-state index contributed by atoms with van der Waals surface area (Å²) in [6.07, 6.45) is 6.72. The molecule has 2 unspecified atom stereocenters. The number of carbonyl (C=O) groups is 4. The van der Waals surface area contributed by atoms with Gasteiger partial charge in [0.05, 0.1) is 46.4 Å². The number of anilines is 5. The topological polar surface area (TPSA) is 183 Å². The molecule has 0 radical (unpaired) electrons. The smallest absolute Gasteiger partial charge is 0.415 e. The molecule has 3 heterocycles. The molecule has 3 saturated heterocycles. The molecule has 21 heteroatoms. The lowest BCUT2D eigenvalue weighted by molar-refractivity contribution is -0.106. The Balaban J connectivity index is 0.000000219. The zero-order valence-corrected chi connectivity index (χ0v) is 66.9. The van der Waals surface area contributed by atoms with Crippen LogP contribution in [0.25, 0.3) is 0 Å². The Morgan fingerprint density at radius 2 is 0.943 bits per heavy atom. The number of nitrogens with zero attached hydrogens (tertiary/aromatic N) is 6. The Kier molecular flexibility index (Phi) is 38.0. The second-order valence-electron chi connectivity index (χ2n) is 29.6. The van der Waals surface area contributed by atoms with E-state index in [1.165, 1.54) is 65.4 Å². The molecule has 576 valence electrons. The number of urea groups is 1. The van der Waals surface area contributed by atoms with Crippen molar-refractivity contribution >= 4 is 99.3 Å². The maximum atomic E-state index is 13.2. The highest BCUT2D eigenvalue weighted by molar-refractivity contribution is 6.42. The van der Waals surface area contributed by atoms with Gasteiger partial charge in [0.25, 0.3) is 0 Å². The van der Waals surface area contributed by atoms with Gasteiger partial charge in [0.1, 0.15) is 17.5 Å². The Morgan fingerprint density at radius 1 is 0.519 bits per heavy atom. The molecule has 0 saturated carbocycles. The number of ether oxygens (including phenoxy) is 2. The molecule has 0 aliphatic carbocycles. The van der Waals surface area contributed by atoms with E-state index in [2.05, 4.69) is 94.7 Å². The van der Waals surface area contributed by atoms with Gasteiger partial charge in [-0.2, -0.15) is 0 Å². The fraction of sp³-hybridized carbons (Fsp3) is 0.459. The van der Waals surface area contributed by atoms with Crippen molar-refractivity contribution in [3.05, 3.63) is 219 Å². The van der Waals surface area contributed by atoms with Crippen molar-refractivity contribution in [3.8, 4) is 0 Å². The van der Waals surface area contributed by atoms with E-state index >= 15 is 0 Å². The van der Waals surface area contributed by atoms with Crippen LogP contribution in [0.2, 0.25) is 20.1 Å². The van der Waals surface area contributed by atoms with Crippen molar-refractivity contribution in [2.75, 3.05) is 124 Å². The number of likely N-dealkylation sites (tertiary alicyclic amines) is 2. The van der Waals surface area contributed by atoms with Gasteiger partial charge in [-0.1, -0.05) is 177 Å². The number of aldehydes is 1. The number of halogens is 4. The van der Waals surface area contributed by atoms with E-state index in [1.54, 1.807) is 57.2 Å². The molecular weight excluding hydrogens is 1420 g/mol. The fourth-order valence-corrected chi connectivity index (χ4v) is 13.2. The van der Waals surface area contributed by atoms with Crippen molar-refractivity contribution in [1.29, 1.82) is 0 Å². The standard InChI is InChI=1S/C26H33Cl2N3O.C25H35Cl2N3.C13H19NO3.C13H17NO3.C8H11NO/c1-19(2)25(31-15-14-30(26(31)32)22-6-4-3-5-7-22)18-29-12-10-20(11-13-29)16-21-8-9-23(27)24(28)17-21;1-19(2)25(29-13-12-28-22-6-4-3-5-7-22)18-30-14-10-20(11-15-30)16-21-8-9-23(26)24(27)17-21;2*1-13(2,3)17-12(16)14(9-10-15)11-7-5-4-6-8-11;10-7-6-9-8-4-2-1-3-5-8/h3-9,17,19-20,25H,10-16,18H2,1-2H3;3-9,17,19-20,25,28-29H,10-16,18H2,1-2H3;4-8,15H,9-10H2,1-3H3;4-8,10H,9H2,1-3H3;1-5,9-10H,6-7H2. The molecule has 7 aromatic rings. The van der Waals surface area contributed by atoms with Gasteiger partial charge in [-0.15, -0.1) is 0 Å². The van der Waals surface area contributed by atoms with E-state index in [4.69, 9.17) is 66.1 Å². The fourth-order valence-electron chi connectivity index (χ4n) is 12.6. The van der Waals surface area contributed by atoms with Crippen molar-refractivity contribution in [3.63, 3.8) is 0 Å². The number of aliphatic hydroxyl groups is 2. The molecule has 17 nitrogen and oxygen atoms in total. The van der Waals surface area contributed by atoms with Gasteiger partial charge in [-0.05, 0) is 226 Å². The first-order valence-corrected chi connectivity index (χ1v) is 38.8. The largest absolute Gasteiger partial charge is 0.443 e. The van der Waals surface area contributed by atoms with Crippen molar-refractivity contribution in [2.24, 2.45) is 23.7 Å². The van der Waals surface area contributed by atoms with Crippen LogP contribution in [-0.2, 0) is 27.1 Å². The van der Waals surface area contributed by atoms with Crippen LogP contribution in [-0.4, -0.2) is 171 Å². The quantitative estimate of drug-likeness (QED) is 0.0255. The first kappa shape index (κ1) is 87.5. The molecule has 5 N–H and O–H groups in total. The molecule has 0 bridgehead atoms. The van der Waals surface area contributed by atoms with Gasteiger partial charge in [0.15, 0.2) is 0 Å². The van der Waals surface area contributed by atoms with Crippen molar-refractivity contribution in [2.45, 2.75) is 131 Å². The first-order valence-electron chi connectivity index (χ1n) is 37.3. The normalized spacial score (nSPS) is 14.9. The molecule has 0 spiro atoms. The highest BCUT2D eigenvalue weighted by Gasteiger charge is 2.37. The van der Waals surface area contributed by atoms with Gasteiger partial charge >= 0.3 is 18.2 Å². The number of nitrogens with one attached hydrogen (secondary N) is 3. The van der Waals surface area contributed by atoms with Crippen LogP contribution in [0.15, 0.2) is 188 Å². The Morgan fingerprint density at radius 3 is 1.36 bits per heavy atom. The minimum atomic E-state index is -0.576. The molecule has 7 aromatic carbocycles. The van der Waals surface area contributed by atoms with Crippen LogP contribution >= 0.6 is 46.4 Å². The van der Waals surface area contributed by atoms with E-state index in [0.29, 0.717) is 62.4 Å². The maximum absolute atomic E-state index is 13.2. The number of amides is 4. The Bertz CT molecular complexity index is 3640. The number of rotatable bonds is 26. The maximum Gasteiger partial charge on any atom is 0.415 e. The molecule has 4 amide bonds. The van der Waals surface area contributed by atoms with E-state index in [0.717, 1.165) is 88.2 Å². The van der Waals surface area contributed by atoms with Crippen LogP contribution in [0.4, 0.5) is 42.8 Å². The number of hydrogen-bond donors (Lipinski definition) is 5. The van der Waals surface area contributed by atoms with Crippen LogP contribution < -0.4 is 30.7 Å². The van der Waals surface area contributed by atoms with E-state index in [9.17, 15) is 19.2 Å². The zero-order chi connectivity index (χ0) is 77.0. The van der Waals surface area contributed by atoms with E-state index in [1.807, 2.05) is 141 Å². The number of benzene rings is 7. The van der Waals surface area contributed by atoms with Crippen LogP contribution in [0.3, 0.4) is 0 Å². The van der Waals surface area contributed by atoms with Crippen LogP contribution in [0.1, 0.15) is 106 Å². The third kappa shape index (κ3) is 31.8. The SMILES string of the molecule is CC(C)(C)OC(=O)N(CC=O)c1ccccc1.CC(C)(C)OC(=O)N(CCO)c1ccccc1.CC(C)C(CN1CCC(Cc2ccc(Cl)c(Cl)c2)CC1)N1CCN(c2ccccc2)C1=O.CC(C)C(CN1CCC(Cc2ccc(Cl)c(Cl)c2)CC1)NCCNc1ccccc1.OCCNc1ccccc1. The molecule has 2 atom stereocenters. The number of carbonyl (C=O) groups excluding carboxylic acids is 4. The molecule has 0 aromatic heterocycles. The van der Waals surface area contributed by atoms with Gasteiger partial charge in [-0.25, -0.2) is 14.4 Å². The average molecular weight is 1530 g/mol. The lowest BCUT2D eigenvalue weighted by atomic mass is 9.89. The van der Waals surface area contributed by atoms with Gasteiger partial charge in [0.2, 0.25) is 0 Å². The second kappa shape index (κ2) is 46.1. The molecule has 3 fully saturated rings. The first-order chi connectivity index (χ1) is 50.7. The number of para-hydroxylation sites is 5. The van der Waals surface area contributed by atoms with Crippen LogP contribution in [0.5, 0.6) is 0 Å². The minimum absolute atomic E-state index is 0.0150. The van der Waals surface area contributed by atoms with E-state index < -0.39 is 23.4 Å². The highest BCUT2D eigenvalue weighted by atomic mass is 35.5. The summed E-state index contributed by atoms with van der Waals surface area (Å²) in [5, 5.41) is 30.3. The lowest BCUT2D eigenvalue weighted by Crippen LogP contribution is -2.50. The predicted octanol–water partition coefficient (Wildman–Crippen LogP) is 18.3. The summed E-state index contributed by atoms with van der Waals surface area (Å²) >= 11 is 24.5. The van der Waals surface area contributed by atoms with Crippen LogP contribution in [0, 0.1) is 23.7 Å². The van der Waals surface area contributed by atoms with Gasteiger partial charge < -0.3 is 55.1 Å². The highest BCUT2D eigenvalue weighted by Crippen LogP contribution is 2.31. The van der Waals surface area contributed by atoms with Gasteiger partial charge in [-0.3, -0.25) is 14.7 Å². The molecular formula is C85H115Cl4N9O8. The molecule has 106 heavy (non-hydrogen) atoms. The summed E-state index contributed by atoms with van der Waals surface area (Å²) in [7, 11) is 0. The summed E-state index contributed by atoms with van der Waals surface area (Å²) < 4.78 is 10.5. The molecule has 3 aliphatic heterocycles. The summed E-state index contributed by atoms with van der Waals surface area (Å²) in [6, 6.07) is 61.3. The van der Waals surface area contributed by atoms with E-state index in [-0.39, 0.29) is 38.4 Å². The third-order valence-electron chi connectivity index (χ3n) is 18.2. The summed E-state index contributed by atoms with van der Waals surface area (Å²) in [5.74, 6) is 2.45. The predicted molar refractivity (Wildman–Crippen MR) is 440 cm³/mol. The Hall–Kier alpha value is -7.42. The number of aliphatic hydroxyl groups excluding tert-OH is 2. The molecule has 3 aliphatic rings.